The fraction of sp³-hybridized carbons (Fsp3) is 0.167. The molecule has 0 aliphatic rings. The van der Waals surface area contributed by atoms with Crippen molar-refractivity contribution in [1.29, 1.82) is 0 Å². The monoisotopic (exact) mass is 311 g/mol. The maximum absolute atomic E-state index is 10.5. The maximum Gasteiger partial charge on any atom is 0.269 e. The lowest BCUT2D eigenvalue weighted by Gasteiger charge is -1.98. The summed E-state index contributed by atoms with van der Waals surface area (Å²) in [5, 5.41) is 10.5. The summed E-state index contributed by atoms with van der Waals surface area (Å²) in [5.41, 5.74) is 1.22. The van der Waals surface area contributed by atoms with Crippen LogP contribution in [0, 0.1) is 17.0 Å². The van der Waals surface area contributed by atoms with E-state index in [1.807, 2.05) is 0 Å². The molecule has 0 aliphatic carbocycles. The molecular weight excluding hydrogens is 302 g/mol. The minimum Gasteiger partial charge on any atom is -0.258 e. The van der Waals surface area contributed by atoms with E-state index in [0.717, 1.165) is 16.5 Å². The van der Waals surface area contributed by atoms with Crippen molar-refractivity contribution in [3.63, 3.8) is 0 Å². The zero-order valence-electron chi connectivity index (χ0n) is 9.14. The molecule has 0 bridgehead atoms. The van der Waals surface area contributed by atoms with Gasteiger partial charge in [-0.3, -0.25) is 10.1 Å². The van der Waals surface area contributed by atoms with Crippen molar-refractivity contribution < 1.29 is 4.92 Å². The third-order valence-electron chi connectivity index (χ3n) is 2.43. The standard InChI is InChI=1S/C12H10BrNO2S/c1-8-12(13)7-11(17-8)6-9-2-4-10(5-3-9)14(15)16/h2-5,7H,6H2,1H3. The first-order valence-corrected chi connectivity index (χ1v) is 6.65. The van der Waals surface area contributed by atoms with Crippen LogP contribution in [0.1, 0.15) is 15.3 Å². The van der Waals surface area contributed by atoms with Crippen LogP contribution in [0.25, 0.3) is 0 Å². The van der Waals surface area contributed by atoms with Gasteiger partial charge in [-0.05, 0) is 34.5 Å². The molecule has 0 atom stereocenters. The van der Waals surface area contributed by atoms with Crippen LogP contribution in [0.2, 0.25) is 0 Å². The van der Waals surface area contributed by atoms with E-state index in [-0.39, 0.29) is 10.6 Å². The minimum atomic E-state index is -0.379. The molecule has 3 nitrogen and oxygen atoms in total. The SMILES string of the molecule is Cc1sc(Cc2ccc([N+](=O)[O-])cc2)cc1Br. The summed E-state index contributed by atoms with van der Waals surface area (Å²) in [6.07, 6.45) is 0.815. The number of hydrogen-bond donors (Lipinski definition) is 0. The van der Waals surface area contributed by atoms with Crippen molar-refractivity contribution in [2.75, 3.05) is 0 Å². The highest BCUT2D eigenvalue weighted by Gasteiger charge is 2.06. The first-order valence-electron chi connectivity index (χ1n) is 5.04. The van der Waals surface area contributed by atoms with E-state index < -0.39 is 0 Å². The number of aryl methyl sites for hydroxylation is 1. The van der Waals surface area contributed by atoms with Gasteiger partial charge in [0.25, 0.3) is 5.69 Å². The number of rotatable bonds is 3. The van der Waals surface area contributed by atoms with E-state index >= 15 is 0 Å². The fourth-order valence-electron chi connectivity index (χ4n) is 1.54. The molecule has 5 heteroatoms. The van der Waals surface area contributed by atoms with Crippen molar-refractivity contribution in [2.24, 2.45) is 0 Å². The number of nitro groups is 1. The second-order valence-corrected chi connectivity index (χ2v) is 5.91. The molecule has 0 spiro atoms. The molecule has 1 heterocycles. The van der Waals surface area contributed by atoms with Gasteiger partial charge < -0.3 is 0 Å². The van der Waals surface area contributed by atoms with Crippen LogP contribution in [0.15, 0.2) is 34.8 Å². The van der Waals surface area contributed by atoms with Crippen LogP contribution in [0.5, 0.6) is 0 Å². The average Bonchev–Trinajstić information content (AvgIpc) is 2.58. The molecule has 0 amide bonds. The van der Waals surface area contributed by atoms with Gasteiger partial charge in [-0.15, -0.1) is 11.3 Å². The molecule has 0 saturated carbocycles. The maximum atomic E-state index is 10.5. The lowest BCUT2D eigenvalue weighted by Crippen LogP contribution is -1.89. The Morgan fingerprint density at radius 2 is 2.00 bits per heavy atom. The Labute approximate surface area is 111 Å². The molecule has 1 aromatic heterocycles. The number of nitrogens with zero attached hydrogens (tertiary/aromatic N) is 1. The number of benzene rings is 1. The normalized spacial score (nSPS) is 10.5. The summed E-state index contributed by atoms with van der Waals surface area (Å²) in [4.78, 5) is 12.6. The molecular formula is C12H10BrNO2S. The van der Waals surface area contributed by atoms with E-state index in [1.165, 1.54) is 9.75 Å². The van der Waals surface area contributed by atoms with Crippen LogP contribution in [0.3, 0.4) is 0 Å². The van der Waals surface area contributed by atoms with E-state index in [2.05, 4.69) is 28.9 Å². The number of non-ortho nitro benzene ring substituents is 1. The van der Waals surface area contributed by atoms with Crippen molar-refractivity contribution in [3.8, 4) is 0 Å². The Morgan fingerprint density at radius 3 is 2.47 bits per heavy atom. The summed E-state index contributed by atoms with van der Waals surface area (Å²) in [5.74, 6) is 0. The summed E-state index contributed by atoms with van der Waals surface area (Å²) >= 11 is 5.22. The highest BCUT2D eigenvalue weighted by Crippen LogP contribution is 2.28. The third kappa shape index (κ3) is 2.92. The molecule has 88 valence electrons. The Bertz CT molecular complexity index is 529. The van der Waals surface area contributed by atoms with Crippen molar-refractivity contribution in [3.05, 3.63) is 60.2 Å². The summed E-state index contributed by atoms with van der Waals surface area (Å²) in [6, 6.07) is 8.80. The zero-order valence-corrected chi connectivity index (χ0v) is 11.5. The van der Waals surface area contributed by atoms with Crippen LogP contribution in [-0.4, -0.2) is 4.92 Å². The smallest absolute Gasteiger partial charge is 0.258 e. The molecule has 2 aromatic rings. The quantitative estimate of drug-likeness (QED) is 0.626. The molecule has 0 unspecified atom stereocenters. The minimum absolute atomic E-state index is 0.136. The molecule has 2 rings (SSSR count). The van der Waals surface area contributed by atoms with Gasteiger partial charge in [0.1, 0.15) is 0 Å². The van der Waals surface area contributed by atoms with E-state index in [1.54, 1.807) is 35.6 Å². The number of thiophene rings is 1. The lowest BCUT2D eigenvalue weighted by molar-refractivity contribution is -0.384. The van der Waals surface area contributed by atoms with E-state index in [9.17, 15) is 10.1 Å². The average molecular weight is 312 g/mol. The summed E-state index contributed by atoms with van der Waals surface area (Å²) in [7, 11) is 0. The summed E-state index contributed by atoms with van der Waals surface area (Å²) in [6.45, 7) is 2.06. The van der Waals surface area contributed by atoms with Gasteiger partial charge >= 0.3 is 0 Å². The highest BCUT2D eigenvalue weighted by molar-refractivity contribution is 9.10. The molecule has 0 fully saturated rings. The predicted octanol–water partition coefficient (Wildman–Crippen LogP) is 4.32. The Hall–Kier alpha value is -1.20. The first kappa shape index (κ1) is 12.3. The van der Waals surface area contributed by atoms with Crippen molar-refractivity contribution >= 4 is 33.0 Å². The van der Waals surface area contributed by atoms with Gasteiger partial charge in [-0.1, -0.05) is 12.1 Å². The van der Waals surface area contributed by atoms with Crippen LogP contribution in [0.4, 0.5) is 5.69 Å². The van der Waals surface area contributed by atoms with Gasteiger partial charge in [0.05, 0.1) is 4.92 Å². The molecule has 0 aliphatic heterocycles. The number of hydrogen-bond acceptors (Lipinski definition) is 3. The lowest BCUT2D eigenvalue weighted by atomic mass is 10.1. The van der Waals surface area contributed by atoms with Gasteiger partial charge in [0.15, 0.2) is 0 Å². The zero-order chi connectivity index (χ0) is 12.4. The molecule has 0 N–H and O–H groups in total. The topological polar surface area (TPSA) is 43.1 Å². The molecule has 1 aromatic carbocycles. The largest absolute Gasteiger partial charge is 0.269 e. The molecule has 17 heavy (non-hydrogen) atoms. The second kappa shape index (κ2) is 4.98. The Balaban J connectivity index is 2.16. The van der Waals surface area contributed by atoms with E-state index in [4.69, 9.17) is 0 Å². The molecule has 0 radical (unpaired) electrons. The number of nitro benzene ring substituents is 1. The summed E-state index contributed by atoms with van der Waals surface area (Å²) < 4.78 is 1.12. The van der Waals surface area contributed by atoms with Crippen molar-refractivity contribution in [1.82, 2.24) is 0 Å². The Morgan fingerprint density at radius 1 is 1.35 bits per heavy atom. The van der Waals surface area contributed by atoms with Crippen LogP contribution >= 0.6 is 27.3 Å². The highest BCUT2D eigenvalue weighted by atomic mass is 79.9. The van der Waals surface area contributed by atoms with Gasteiger partial charge in [-0.25, -0.2) is 0 Å². The van der Waals surface area contributed by atoms with Crippen molar-refractivity contribution in [2.45, 2.75) is 13.3 Å². The predicted molar refractivity (Wildman–Crippen MR) is 72.7 cm³/mol. The number of halogens is 1. The van der Waals surface area contributed by atoms with Gasteiger partial charge in [0, 0.05) is 32.8 Å². The van der Waals surface area contributed by atoms with E-state index in [0.29, 0.717) is 0 Å². The van der Waals surface area contributed by atoms with Crippen LogP contribution in [-0.2, 0) is 6.42 Å². The second-order valence-electron chi connectivity index (χ2n) is 3.72. The first-order chi connectivity index (χ1) is 8.06. The Kier molecular flexibility index (Phi) is 3.59. The molecule has 0 saturated heterocycles. The van der Waals surface area contributed by atoms with Gasteiger partial charge in [-0.2, -0.15) is 0 Å². The third-order valence-corrected chi connectivity index (χ3v) is 4.57. The fourth-order valence-corrected chi connectivity index (χ4v) is 3.18. The van der Waals surface area contributed by atoms with Crippen LogP contribution < -0.4 is 0 Å². The van der Waals surface area contributed by atoms with Gasteiger partial charge in [0.2, 0.25) is 0 Å².